The lowest BCUT2D eigenvalue weighted by atomic mass is 10.1. The number of carbonyl (C=O) groups is 2. The lowest BCUT2D eigenvalue weighted by Crippen LogP contribution is -2.31. The molecule has 0 aliphatic carbocycles. The van der Waals surface area contributed by atoms with Crippen LogP contribution >= 0.6 is 11.6 Å². The van der Waals surface area contributed by atoms with Crippen LogP contribution in [0, 0.1) is 0 Å². The smallest absolute Gasteiger partial charge is 0.321 e. The fourth-order valence-electron chi connectivity index (χ4n) is 2.68. The number of carbonyl (C=O) groups excluding carboxylic acids is 2. The molecule has 1 fully saturated rings. The topological polar surface area (TPSA) is 61.9 Å². The van der Waals surface area contributed by atoms with Gasteiger partial charge in [0.05, 0.1) is 6.54 Å². The van der Waals surface area contributed by atoms with E-state index in [9.17, 15) is 9.59 Å². The first kappa shape index (κ1) is 18.1. The van der Waals surface area contributed by atoms with E-state index in [2.05, 4.69) is 5.32 Å². The van der Waals surface area contributed by atoms with Crippen LogP contribution in [0.2, 0.25) is 5.02 Å². The van der Waals surface area contributed by atoms with E-state index in [-0.39, 0.29) is 11.9 Å². The van der Waals surface area contributed by atoms with Crippen LogP contribution in [0.4, 0.5) is 10.5 Å². The van der Waals surface area contributed by atoms with Crippen LogP contribution < -0.4 is 15.0 Å². The van der Waals surface area contributed by atoms with Gasteiger partial charge in [0.15, 0.2) is 0 Å². The molecule has 0 spiro atoms. The Morgan fingerprint density at radius 1 is 1.27 bits per heavy atom. The molecule has 26 heavy (non-hydrogen) atoms. The van der Waals surface area contributed by atoms with Gasteiger partial charge in [-0.1, -0.05) is 17.7 Å². The van der Waals surface area contributed by atoms with Crippen molar-refractivity contribution in [3.63, 3.8) is 0 Å². The Balaban J connectivity index is 1.53. The van der Waals surface area contributed by atoms with Crippen LogP contribution in [0.5, 0.6) is 5.75 Å². The summed E-state index contributed by atoms with van der Waals surface area (Å²) in [5, 5.41) is 3.36. The molecule has 2 aromatic rings. The van der Waals surface area contributed by atoms with Crippen LogP contribution in [0.25, 0.3) is 0 Å². The maximum atomic E-state index is 12.5. The van der Waals surface area contributed by atoms with Crippen molar-refractivity contribution in [3.8, 4) is 5.75 Å². The number of hydrogen-bond acceptors (Lipinski definition) is 3. The average Bonchev–Trinajstić information content (AvgIpc) is 3.07. The first-order valence-corrected chi connectivity index (χ1v) is 8.71. The molecule has 6 nitrogen and oxygen atoms in total. The molecule has 1 heterocycles. The lowest BCUT2D eigenvalue weighted by molar-refractivity contribution is 0.0774. The third-order valence-electron chi connectivity index (χ3n) is 4.12. The summed E-state index contributed by atoms with van der Waals surface area (Å²) in [5.74, 6) is 0.573. The summed E-state index contributed by atoms with van der Waals surface area (Å²) in [6.07, 6.45) is 0. The number of anilines is 1. The second-order valence-electron chi connectivity index (χ2n) is 5.96. The van der Waals surface area contributed by atoms with Gasteiger partial charge in [-0.3, -0.25) is 9.69 Å². The molecule has 0 unspecified atom stereocenters. The molecular weight excluding hydrogens is 354 g/mol. The molecule has 0 aromatic heterocycles. The van der Waals surface area contributed by atoms with Gasteiger partial charge in [0.25, 0.3) is 5.91 Å². The van der Waals surface area contributed by atoms with Crippen molar-refractivity contribution in [2.24, 2.45) is 0 Å². The van der Waals surface area contributed by atoms with Crippen molar-refractivity contribution in [2.45, 2.75) is 0 Å². The fraction of sp³-hybridized carbons (Fsp3) is 0.263. The molecule has 3 rings (SSSR count). The monoisotopic (exact) mass is 373 g/mol. The summed E-state index contributed by atoms with van der Waals surface area (Å²) in [7, 11) is 1.73. The van der Waals surface area contributed by atoms with E-state index >= 15 is 0 Å². The molecular formula is C19H20ClN3O3. The number of benzene rings is 2. The molecule has 1 N–H and O–H groups in total. The zero-order valence-corrected chi connectivity index (χ0v) is 15.2. The first-order chi connectivity index (χ1) is 12.5. The maximum Gasteiger partial charge on any atom is 0.321 e. The number of rotatable bonds is 6. The Morgan fingerprint density at radius 3 is 2.69 bits per heavy atom. The van der Waals surface area contributed by atoms with E-state index in [0.717, 1.165) is 5.69 Å². The summed E-state index contributed by atoms with van der Waals surface area (Å²) in [4.78, 5) is 27.4. The van der Waals surface area contributed by atoms with E-state index in [1.165, 1.54) is 0 Å². The largest absolute Gasteiger partial charge is 0.492 e. The molecule has 1 saturated heterocycles. The molecule has 0 bridgehead atoms. The van der Waals surface area contributed by atoms with Gasteiger partial charge in [0.2, 0.25) is 0 Å². The summed E-state index contributed by atoms with van der Waals surface area (Å²) in [6, 6.07) is 14.1. The minimum absolute atomic E-state index is 0.0999. The third kappa shape index (κ3) is 4.26. The standard InChI is InChI=1S/C19H20ClN3O3/c1-22(11-12-26-17-4-2-3-15(20)13-17)18(24)14-5-7-16(8-6-14)23-10-9-21-19(23)25/h2-8,13H,9-12H2,1H3,(H,21,25). The molecule has 2 aromatic carbocycles. The van der Waals surface area contributed by atoms with Gasteiger partial charge in [-0.05, 0) is 42.5 Å². The van der Waals surface area contributed by atoms with E-state index in [1.807, 2.05) is 12.1 Å². The molecule has 1 aliphatic rings. The van der Waals surface area contributed by atoms with Gasteiger partial charge in [-0.25, -0.2) is 4.79 Å². The number of nitrogens with one attached hydrogen (secondary N) is 1. The van der Waals surface area contributed by atoms with E-state index in [0.29, 0.717) is 42.6 Å². The number of amides is 3. The third-order valence-corrected chi connectivity index (χ3v) is 4.36. The summed E-state index contributed by atoms with van der Waals surface area (Å²) < 4.78 is 5.61. The van der Waals surface area contributed by atoms with Gasteiger partial charge in [-0.15, -0.1) is 0 Å². The fourth-order valence-corrected chi connectivity index (χ4v) is 2.86. The normalized spacial score (nSPS) is 13.5. The van der Waals surface area contributed by atoms with Gasteiger partial charge < -0.3 is 15.0 Å². The Morgan fingerprint density at radius 2 is 2.04 bits per heavy atom. The van der Waals surface area contributed by atoms with Crippen LogP contribution in [0.15, 0.2) is 48.5 Å². The van der Waals surface area contributed by atoms with Gasteiger partial charge in [0, 0.05) is 36.4 Å². The van der Waals surface area contributed by atoms with Crippen LogP contribution in [0.1, 0.15) is 10.4 Å². The highest BCUT2D eigenvalue weighted by Gasteiger charge is 2.21. The van der Waals surface area contributed by atoms with E-state index < -0.39 is 0 Å². The average molecular weight is 374 g/mol. The Kier molecular flexibility index (Phi) is 5.63. The minimum atomic E-state index is -0.112. The number of halogens is 1. The van der Waals surface area contributed by atoms with Crippen molar-refractivity contribution in [1.29, 1.82) is 0 Å². The van der Waals surface area contributed by atoms with Crippen molar-refractivity contribution in [3.05, 3.63) is 59.1 Å². The van der Waals surface area contributed by atoms with Gasteiger partial charge in [-0.2, -0.15) is 0 Å². The zero-order chi connectivity index (χ0) is 18.5. The SMILES string of the molecule is CN(CCOc1cccc(Cl)c1)C(=O)c1ccc(N2CCNC2=O)cc1. The molecule has 136 valence electrons. The van der Waals surface area contributed by atoms with Crippen molar-refractivity contribution in [2.75, 3.05) is 38.2 Å². The number of hydrogen-bond donors (Lipinski definition) is 1. The molecule has 1 aliphatic heterocycles. The van der Waals surface area contributed by atoms with E-state index in [1.54, 1.807) is 53.2 Å². The van der Waals surface area contributed by atoms with Crippen LogP contribution in [-0.2, 0) is 0 Å². The minimum Gasteiger partial charge on any atom is -0.492 e. The number of likely N-dealkylation sites (N-methyl/N-ethyl adjacent to an activating group) is 1. The van der Waals surface area contributed by atoms with Gasteiger partial charge >= 0.3 is 6.03 Å². The number of ether oxygens (including phenoxy) is 1. The maximum absolute atomic E-state index is 12.5. The van der Waals surface area contributed by atoms with E-state index in [4.69, 9.17) is 16.3 Å². The highest BCUT2D eigenvalue weighted by Crippen LogP contribution is 2.19. The first-order valence-electron chi connectivity index (χ1n) is 8.34. The summed E-state index contributed by atoms with van der Waals surface area (Å²) >= 11 is 5.91. The van der Waals surface area contributed by atoms with Crippen LogP contribution in [-0.4, -0.2) is 50.1 Å². The predicted molar refractivity (Wildman–Crippen MR) is 101 cm³/mol. The molecule has 0 atom stereocenters. The van der Waals surface area contributed by atoms with Crippen molar-refractivity contribution < 1.29 is 14.3 Å². The second kappa shape index (κ2) is 8.10. The molecule has 7 heteroatoms. The number of nitrogens with zero attached hydrogens (tertiary/aromatic N) is 2. The predicted octanol–water partition coefficient (Wildman–Crippen LogP) is 3.02. The zero-order valence-electron chi connectivity index (χ0n) is 14.4. The Labute approximate surface area is 157 Å². The van der Waals surface area contributed by atoms with Crippen LogP contribution in [0.3, 0.4) is 0 Å². The highest BCUT2D eigenvalue weighted by atomic mass is 35.5. The van der Waals surface area contributed by atoms with Crippen molar-refractivity contribution in [1.82, 2.24) is 10.2 Å². The molecule has 3 amide bonds. The Bertz CT molecular complexity index is 795. The van der Waals surface area contributed by atoms with Gasteiger partial charge in [0.1, 0.15) is 12.4 Å². The summed E-state index contributed by atoms with van der Waals surface area (Å²) in [6.45, 7) is 2.08. The summed E-state index contributed by atoms with van der Waals surface area (Å²) in [5.41, 5.74) is 1.35. The number of urea groups is 1. The lowest BCUT2D eigenvalue weighted by Gasteiger charge is -2.19. The molecule has 0 radical (unpaired) electrons. The van der Waals surface area contributed by atoms with Crippen molar-refractivity contribution >= 4 is 29.2 Å². The quantitative estimate of drug-likeness (QED) is 0.846. The highest BCUT2D eigenvalue weighted by molar-refractivity contribution is 6.30. The molecule has 0 saturated carbocycles. The Hall–Kier alpha value is -2.73. The second-order valence-corrected chi connectivity index (χ2v) is 6.40.